The Labute approximate surface area is 124 Å². The molecule has 1 heterocycles. The van der Waals surface area contributed by atoms with E-state index in [1.165, 1.54) is 0 Å². The molecule has 0 radical (unpaired) electrons. The van der Waals surface area contributed by atoms with Gasteiger partial charge in [0.15, 0.2) is 5.76 Å². The Kier molecular flexibility index (Phi) is 4.39. The van der Waals surface area contributed by atoms with Gasteiger partial charge in [0.25, 0.3) is 5.91 Å². The minimum absolute atomic E-state index is 0.0803. The second-order valence-electron chi connectivity index (χ2n) is 6.22. The SMILES string of the molecule is CC(C)(C)CC(Cl)CNC(=O)c1cc2ccccc2o1. The smallest absolute Gasteiger partial charge is 0.287 e. The van der Waals surface area contributed by atoms with Crippen molar-refractivity contribution < 1.29 is 9.21 Å². The van der Waals surface area contributed by atoms with E-state index in [-0.39, 0.29) is 16.7 Å². The van der Waals surface area contributed by atoms with Crippen molar-refractivity contribution in [3.8, 4) is 0 Å². The maximum atomic E-state index is 12.0. The van der Waals surface area contributed by atoms with E-state index in [1.807, 2.05) is 24.3 Å². The highest BCUT2D eigenvalue weighted by atomic mass is 35.5. The van der Waals surface area contributed by atoms with Crippen LogP contribution in [-0.2, 0) is 0 Å². The molecule has 20 heavy (non-hydrogen) atoms. The van der Waals surface area contributed by atoms with Gasteiger partial charge in [-0.1, -0.05) is 39.0 Å². The molecule has 0 aliphatic heterocycles. The minimum atomic E-state index is -0.222. The molecular weight excluding hydrogens is 274 g/mol. The molecule has 0 aliphatic rings. The molecule has 0 bridgehead atoms. The average molecular weight is 294 g/mol. The molecule has 108 valence electrons. The first-order valence-corrected chi connectivity index (χ1v) is 7.20. The van der Waals surface area contributed by atoms with Crippen molar-refractivity contribution in [1.29, 1.82) is 0 Å². The average Bonchev–Trinajstić information content (AvgIpc) is 2.77. The van der Waals surface area contributed by atoms with Gasteiger partial charge in [-0.05, 0) is 24.0 Å². The maximum absolute atomic E-state index is 12.0. The molecule has 0 fully saturated rings. The number of para-hydroxylation sites is 1. The predicted molar refractivity (Wildman–Crippen MR) is 82.3 cm³/mol. The summed E-state index contributed by atoms with van der Waals surface area (Å²) in [5.41, 5.74) is 0.867. The van der Waals surface area contributed by atoms with Crippen LogP contribution in [-0.4, -0.2) is 17.8 Å². The fraction of sp³-hybridized carbons (Fsp3) is 0.438. The van der Waals surface area contributed by atoms with Crippen LogP contribution in [0.15, 0.2) is 34.7 Å². The monoisotopic (exact) mass is 293 g/mol. The standard InChI is InChI=1S/C16H20ClNO2/c1-16(2,3)9-12(17)10-18-15(19)14-8-11-6-4-5-7-13(11)20-14/h4-8,12H,9-10H2,1-3H3,(H,18,19). The number of furan rings is 1. The number of amides is 1. The lowest BCUT2D eigenvalue weighted by Gasteiger charge is -2.21. The molecule has 0 aliphatic carbocycles. The number of rotatable bonds is 4. The predicted octanol–water partition coefficient (Wildman–Crippen LogP) is 4.21. The van der Waals surface area contributed by atoms with Gasteiger partial charge in [0.2, 0.25) is 0 Å². The van der Waals surface area contributed by atoms with Gasteiger partial charge in [-0.3, -0.25) is 4.79 Å². The van der Waals surface area contributed by atoms with Gasteiger partial charge >= 0.3 is 0 Å². The van der Waals surface area contributed by atoms with Crippen LogP contribution in [0.4, 0.5) is 0 Å². The number of fused-ring (bicyclic) bond motifs is 1. The van der Waals surface area contributed by atoms with Crippen molar-refractivity contribution in [2.75, 3.05) is 6.54 Å². The number of alkyl halides is 1. The molecular formula is C16H20ClNO2. The van der Waals surface area contributed by atoms with Gasteiger partial charge < -0.3 is 9.73 Å². The Bertz CT molecular complexity index is 565. The number of nitrogens with one attached hydrogen (secondary N) is 1. The van der Waals surface area contributed by atoms with Crippen molar-refractivity contribution in [3.63, 3.8) is 0 Å². The molecule has 3 nitrogen and oxygen atoms in total. The van der Waals surface area contributed by atoms with Crippen molar-refractivity contribution in [2.45, 2.75) is 32.6 Å². The highest BCUT2D eigenvalue weighted by Gasteiger charge is 2.18. The van der Waals surface area contributed by atoms with Crippen LogP contribution in [0, 0.1) is 5.41 Å². The molecule has 0 spiro atoms. The van der Waals surface area contributed by atoms with Crippen LogP contribution in [0.2, 0.25) is 0 Å². The summed E-state index contributed by atoms with van der Waals surface area (Å²) >= 11 is 6.23. The lowest BCUT2D eigenvalue weighted by atomic mass is 9.90. The van der Waals surface area contributed by atoms with Crippen LogP contribution >= 0.6 is 11.6 Å². The molecule has 1 unspecified atom stereocenters. The third kappa shape index (κ3) is 4.01. The summed E-state index contributed by atoms with van der Waals surface area (Å²) in [6.45, 7) is 6.82. The van der Waals surface area contributed by atoms with Gasteiger partial charge in [0, 0.05) is 11.9 Å². The second kappa shape index (κ2) is 5.88. The minimum Gasteiger partial charge on any atom is -0.451 e. The fourth-order valence-corrected chi connectivity index (χ4v) is 2.66. The van der Waals surface area contributed by atoms with Crippen LogP contribution < -0.4 is 5.32 Å². The van der Waals surface area contributed by atoms with E-state index < -0.39 is 0 Å². The number of benzene rings is 1. The van der Waals surface area contributed by atoms with Crippen molar-refractivity contribution in [2.24, 2.45) is 5.41 Å². The second-order valence-corrected chi connectivity index (χ2v) is 6.84. The Balaban J connectivity index is 1.95. The number of hydrogen-bond donors (Lipinski definition) is 1. The fourth-order valence-electron chi connectivity index (χ4n) is 2.12. The largest absolute Gasteiger partial charge is 0.451 e. The number of halogens is 1. The molecule has 1 atom stereocenters. The summed E-state index contributed by atoms with van der Waals surface area (Å²) in [5.74, 6) is 0.103. The normalized spacial score (nSPS) is 13.4. The molecule has 4 heteroatoms. The van der Waals surface area contributed by atoms with E-state index >= 15 is 0 Å². The van der Waals surface area contributed by atoms with E-state index in [4.69, 9.17) is 16.0 Å². The van der Waals surface area contributed by atoms with E-state index in [0.29, 0.717) is 12.3 Å². The van der Waals surface area contributed by atoms with Crippen molar-refractivity contribution in [1.82, 2.24) is 5.32 Å². The topological polar surface area (TPSA) is 42.2 Å². The first kappa shape index (κ1) is 14.9. The van der Waals surface area contributed by atoms with Crippen molar-refractivity contribution >= 4 is 28.5 Å². The molecule has 1 N–H and O–H groups in total. The molecule has 0 saturated heterocycles. The highest BCUT2D eigenvalue weighted by molar-refractivity contribution is 6.21. The van der Waals surface area contributed by atoms with E-state index in [0.717, 1.165) is 17.4 Å². The third-order valence-corrected chi connectivity index (χ3v) is 3.28. The van der Waals surface area contributed by atoms with Crippen LogP contribution in [0.1, 0.15) is 37.7 Å². The van der Waals surface area contributed by atoms with Crippen molar-refractivity contribution in [3.05, 3.63) is 36.1 Å². The Hall–Kier alpha value is -1.48. The molecule has 0 saturated carbocycles. The van der Waals surface area contributed by atoms with Crippen LogP contribution in [0.5, 0.6) is 0 Å². The Morgan fingerprint density at radius 3 is 2.70 bits per heavy atom. The summed E-state index contributed by atoms with van der Waals surface area (Å²) in [6.07, 6.45) is 0.842. The zero-order valence-corrected chi connectivity index (χ0v) is 12.8. The summed E-state index contributed by atoms with van der Waals surface area (Å²) in [6, 6.07) is 9.30. The summed E-state index contributed by atoms with van der Waals surface area (Å²) in [7, 11) is 0. The molecule has 1 aromatic heterocycles. The molecule has 2 rings (SSSR count). The van der Waals surface area contributed by atoms with Gasteiger partial charge in [-0.2, -0.15) is 0 Å². The Morgan fingerprint density at radius 1 is 1.35 bits per heavy atom. The zero-order valence-electron chi connectivity index (χ0n) is 12.1. The van der Waals surface area contributed by atoms with Crippen LogP contribution in [0.25, 0.3) is 11.0 Å². The number of carbonyl (C=O) groups is 1. The lowest BCUT2D eigenvalue weighted by molar-refractivity contribution is 0.0926. The Morgan fingerprint density at radius 2 is 2.05 bits per heavy atom. The molecule has 2 aromatic rings. The number of carbonyl (C=O) groups excluding carboxylic acids is 1. The van der Waals surface area contributed by atoms with Gasteiger partial charge in [0.1, 0.15) is 5.58 Å². The van der Waals surface area contributed by atoms with E-state index in [9.17, 15) is 4.79 Å². The van der Waals surface area contributed by atoms with E-state index in [1.54, 1.807) is 6.07 Å². The van der Waals surface area contributed by atoms with E-state index in [2.05, 4.69) is 26.1 Å². The molecule has 1 amide bonds. The van der Waals surface area contributed by atoms with Gasteiger partial charge in [-0.15, -0.1) is 11.6 Å². The maximum Gasteiger partial charge on any atom is 0.287 e. The summed E-state index contributed by atoms with van der Waals surface area (Å²) in [5, 5.41) is 3.66. The van der Waals surface area contributed by atoms with Gasteiger partial charge in [0.05, 0.1) is 5.38 Å². The molecule has 1 aromatic carbocycles. The third-order valence-electron chi connectivity index (χ3n) is 2.97. The lowest BCUT2D eigenvalue weighted by Crippen LogP contribution is -2.31. The first-order chi connectivity index (χ1) is 9.35. The zero-order chi connectivity index (χ0) is 14.8. The quantitative estimate of drug-likeness (QED) is 0.858. The highest BCUT2D eigenvalue weighted by Crippen LogP contribution is 2.23. The first-order valence-electron chi connectivity index (χ1n) is 6.76. The van der Waals surface area contributed by atoms with Gasteiger partial charge in [-0.25, -0.2) is 0 Å². The number of hydrogen-bond acceptors (Lipinski definition) is 2. The van der Waals surface area contributed by atoms with Crippen LogP contribution in [0.3, 0.4) is 0 Å². The summed E-state index contributed by atoms with van der Waals surface area (Å²) < 4.78 is 5.51. The summed E-state index contributed by atoms with van der Waals surface area (Å²) in [4.78, 5) is 12.0.